The van der Waals surface area contributed by atoms with Crippen LogP contribution in [0, 0.1) is 12.9 Å². The van der Waals surface area contributed by atoms with Gasteiger partial charge in [-0.2, -0.15) is 0 Å². The molecule has 0 unspecified atom stereocenters. The van der Waals surface area contributed by atoms with E-state index in [4.69, 9.17) is 19.6 Å². The van der Waals surface area contributed by atoms with E-state index >= 15 is 0 Å². The summed E-state index contributed by atoms with van der Waals surface area (Å²) in [5, 5.41) is 12.5. The number of nitrogens with zero attached hydrogens (tertiary/aromatic N) is 3. The summed E-state index contributed by atoms with van der Waals surface area (Å²) in [4.78, 5) is 10.4. The Morgan fingerprint density at radius 2 is 1.22 bits per heavy atom. The van der Waals surface area contributed by atoms with Crippen molar-refractivity contribution >= 4 is 11.0 Å². The van der Waals surface area contributed by atoms with Gasteiger partial charge in [0.15, 0.2) is 0 Å². The minimum absolute atomic E-state index is 0. The van der Waals surface area contributed by atoms with Crippen molar-refractivity contribution < 1.29 is 35.8 Å². The second-order valence-corrected chi connectivity index (χ2v) is 20.8. The van der Waals surface area contributed by atoms with Gasteiger partial charge in [-0.15, -0.1) is 29.3 Å². The maximum atomic E-state index is 12.5. The molecule has 0 radical (unpaired) electrons. The Kier molecular flexibility index (Phi) is 10.1. The van der Waals surface area contributed by atoms with Crippen molar-refractivity contribution in [2.45, 2.75) is 112 Å². The average molecular weight is 1030 g/mol. The van der Waals surface area contributed by atoms with Crippen LogP contribution >= 0.6 is 0 Å². The molecule has 64 heavy (non-hydrogen) atoms. The van der Waals surface area contributed by atoms with Crippen molar-refractivity contribution in [2.24, 2.45) is 0 Å². The number of aromatic hydroxyl groups is 1. The Morgan fingerprint density at radius 3 is 1.86 bits per heavy atom. The zero-order valence-corrected chi connectivity index (χ0v) is 41.3. The molecular weight excluding hydrogens is 962 g/mol. The van der Waals surface area contributed by atoms with Crippen LogP contribution in [-0.4, -0.2) is 19.6 Å². The summed E-state index contributed by atoms with van der Waals surface area (Å²) in [6.07, 6.45) is 1.56. The molecule has 0 spiro atoms. The molecule has 1 N–H and O–H groups in total. The van der Waals surface area contributed by atoms with Crippen LogP contribution in [0.5, 0.6) is 5.75 Å². The van der Waals surface area contributed by atoms with Crippen LogP contribution in [0.15, 0.2) is 133 Å². The molecule has 0 aliphatic carbocycles. The van der Waals surface area contributed by atoms with Crippen LogP contribution in [0.3, 0.4) is 0 Å². The summed E-state index contributed by atoms with van der Waals surface area (Å²) in [6.45, 7) is 23.1. The molecule has 4 nitrogen and oxygen atoms in total. The molecule has 8 rings (SSSR count). The number of rotatable bonds is 6. The number of phenols is 1. The van der Waals surface area contributed by atoms with Crippen LogP contribution in [0.25, 0.3) is 72.7 Å². The molecular formula is C59H62N3OPt-. The molecule has 2 aromatic heterocycles. The topological polar surface area (TPSA) is 50.9 Å². The molecule has 0 bridgehead atoms. The predicted octanol–water partition coefficient (Wildman–Crippen LogP) is 15.8. The Morgan fingerprint density at radius 1 is 0.578 bits per heavy atom. The first kappa shape index (κ1) is 37.8. The maximum absolute atomic E-state index is 12.5. The first-order valence-corrected chi connectivity index (χ1v) is 21.7. The number of para-hydroxylation sites is 1. The second-order valence-electron chi connectivity index (χ2n) is 20.8. The van der Waals surface area contributed by atoms with Crippen molar-refractivity contribution in [3.05, 3.63) is 167 Å². The van der Waals surface area contributed by atoms with Gasteiger partial charge in [0.1, 0.15) is 11.6 Å². The quantitative estimate of drug-likeness (QED) is 0.169. The Labute approximate surface area is 406 Å². The van der Waals surface area contributed by atoms with Crippen molar-refractivity contribution in [2.75, 3.05) is 0 Å². The van der Waals surface area contributed by atoms with Gasteiger partial charge in [0, 0.05) is 42.6 Å². The molecule has 8 aromatic rings. The molecule has 0 aliphatic heterocycles. The molecule has 0 aliphatic rings. The molecule has 0 atom stereocenters. The van der Waals surface area contributed by atoms with E-state index in [2.05, 4.69) is 160 Å². The fraction of sp³-hybridized carbons (Fsp3) is 0.288. The molecule has 0 fully saturated rings. The van der Waals surface area contributed by atoms with E-state index in [1.165, 1.54) is 0 Å². The van der Waals surface area contributed by atoms with Gasteiger partial charge in [0.25, 0.3) is 0 Å². The average Bonchev–Trinajstić information content (AvgIpc) is 3.66. The summed E-state index contributed by atoms with van der Waals surface area (Å²) in [5.41, 5.74) is 10.4. The van der Waals surface area contributed by atoms with Crippen LogP contribution in [0.2, 0.25) is 0 Å². The number of fused-ring (bicyclic) bond motifs is 1. The number of benzene rings is 6. The normalized spacial score (nSPS) is 14.2. The van der Waals surface area contributed by atoms with E-state index in [1.807, 2.05) is 24.3 Å². The number of aromatic nitrogens is 3. The Bertz CT molecular complexity index is 3320. The molecule has 5 heteroatoms. The maximum Gasteiger partial charge on any atom is 0.148 e. The van der Waals surface area contributed by atoms with Crippen molar-refractivity contribution in [3.63, 3.8) is 0 Å². The SMILES string of the molecule is [2H]c1c([2H])c(C([2H])([2H])[2H])c([2H])c([2H])c1-c1ccnc(-c2[c-]c(-c3cccc4c3nc(-c3cc(C(C)(C)C)cc(C(C)(C)C)c3O)n4-c3ccc(-c4ccccc4)cc3C(C)(C)C)cc(C(C)(C)C)c2)c1.[Pt]. The third-order valence-corrected chi connectivity index (χ3v) is 11.8. The Hall–Kier alpha value is -5.57. The zero-order valence-electron chi connectivity index (χ0n) is 46.0. The van der Waals surface area contributed by atoms with Gasteiger partial charge < -0.3 is 5.11 Å². The third-order valence-electron chi connectivity index (χ3n) is 11.8. The molecule has 2 heterocycles. The fourth-order valence-electron chi connectivity index (χ4n) is 8.17. The van der Waals surface area contributed by atoms with Crippen molar-refractivity contribution in [1.82, 2.24) is 14.5 Å². The smallest absolute Gasteiger partial charge is 0.148 e. The van der Waals surface area contributed by atoms with Gasteiger partial charge in [-0.1, -0.05) is 185 Å². The van der Waals surface area contributed by atoms with E-state index in [1.54, 1.807) is 18.3 Å². The minimum atomic E-state index is -2.83. The van der Waals surface area contributed by atoms with E-state index < -0.39 is 42.0 Å². The second kappa shape index (κ2) is 17.1. The molecule has 0 saturated heterocycles. The summed E-state index contributed by atoms with van der Waals surface area (Å²) in [6, 6.07) is 36.4. The first-order valence-electron chi connectivity index (χ1n) is 25.2. The van der Waals surface area contributed by atoms with Gasteiger partial charge in [0.2, 0.25) is 0 Å². The number of pyridine rings is 1. The van der Waals surface area contributed by atoms with Gasteiger partial charge in [0.05, 0.1) is 27.8 Å². The summed E-state index contributed by atoms with van der Waals surface area (Å²) in [5.74, 6) is 0.779. The molecule has 6 aromatic carbocycles. The molecule has 0 saturated carbocycles. The number of imidazole rings is 1. The van der Waals surface area contributed by atoms with E-state index in [0.717, 1.165) is 55.7 Å². The molecule has 0 amide bonds. The van der Waals surface area contributed by atoms with Crippen molar-refractivity contribution in [3.8, 4) is 67.5 Å². The largest absolute Gasteiger partial charge is 0.507 e. The number of hydrogen-bond donors (Lipinski definition) is 1. The first-order chi connectivity index (χ1) is 32.5. The van der Waals surface area contributed by atoms with E-state index in [0.29, 0.717) is 33.7 Å². The van der Waals surface area contributed by atoms with Crippen LogP contribution in [-0.2, 0) is 42.7 Å². The van der Waals surface area contributed by atoms with Gasteiger partial charge in [-0.3, -0.25) is 9.55 Å². The third kappa shape index (κ3) is 9.18. The number of phenolic OH excluding ortho intramolecular Hbond substituents is 1. The van der Waals surface area contributed by atoms with Crippen LogP contribution < -0.4 is 0 Å². The summed E-state index contributed by atoms with van der Waals surface area (Å²) >= 11 is 0. The van der Waals surface area contributed by atoms with Crippen LogP contribution in [0.4, 0.5) is 0 Å². The Balaban J connectivity index is 0.00000741. The monoisotopic (exact) mass is 1030 g/mol. The predicted molar refractivity (Wildman–Crippen MR) is 266 cm³/mol. The van der Waals surface area contributed by atoms with E-state index in [-0.39, 0.29) is 48.6 Å². The summed E-state index contributed by atoms with van der Waals surface area (Å²) < 4.78 is 60.8. The van der Waals surface area contributed by atoms with Gasteiger partial charge >= 0.3 is 0 Å². The fourth-order valence-corrected chi connectivity index (χ4v) is 8.17. The standard InChI is InChI=1S/C59H62N3O.Pt/c1-37-22-24-39(25-23-37)41-28-29-60-50(34-41)43-30-42(31-44(32-43)56(2,3)4)46-20-17-21-52-53(46)61-55(47-35-45(57(5,6)7)36-49(54(47)63)59(11,12)13)62(52)51-27-26-40(33-48(51)58(8,9)10)38-18-15-14-16-19-38;/h14-29,31-36,63H,1-13H3;/q-1;/i1D3,22D,23D,24D,25D;. The summed E-state index contributed by atoms with van der Waals surface area (Å²) in [7, 11) is 0. The van der Waals surface area contributed by atoms with Gasteiger partial charge in [-0.05, 0) is 92.2 Å². The van der Waals surface area contributed by atoms with E-state index in [9.17, 15) is 5.11 Å². The molecule has 330 valence electrons. The minimum Gasteiger partial charge on any atom is -0.507 e. The number of hydrogen-bond acceptors (Lipinski definition) is 3. The van der Waals surface area contributed by atoms with Crippen molar-refractivity contribution in [1.29, 1.82) is 0 Å². The van der Waals surface area contributed by atoms with Gasteiger partial charge in [-0.25, -0.2) is 4.98 Å². The zero-order chi connectivity index (χ0) is 51.2. The van der Waals surface area contributed by atoms with Crippen LogP contribution in [0.1, 0.15) is 120 Å².